The number of fused-ring (bicyclic) bond motifs is 2. The molecule has 7 rings (SSSR count). The fourth-order valence-corrected chi connectivity index (χ4v) is 8.08. The van der Waals surface area contributed by atoms with Crippen LogP contribution in [0.15, 0.2) is 6.20 Å². The molecule has 30 heavy (non-hydrogen) atoms. The number of halogens is 3. The summed E-state index contributed by atoms with van der Waals surface area (Å²) in [4.78, 5) is 8.39. The van der Waals surface area contributed by atoms with E-state index in [2.05, 4.69) is 20.6 Å². The van der Waals surface area contributed by atoms with Crippen molar-refractivity contribution in [1.82, 2.24) is 15.3 Å². The molecule has 6 aliphatic carbocycles. The number of nitrogens with zero attached hydrogens (tertiary/aromatic N) is 2. The number of alkyl halides is 3. The van der Waals surface area contributed by atoms with E-state index in [4.69, 9.17) is 0 Å². The van der Waals surface area contributed by atoms with Crippen LogP contribution in [-0.2, 0) is 12.7 Å². The van der Waals surface area contributed by atoms with Crippen LogP contribution >= 0.6 is 0 Å². The molecule has 0 saturated heterocycles. The first-order valence-corrected chi connectivity index (χ1v) is 11.8. The molecule has 0 unspecified atom stereocenters. The van der Waals surface area contributed by atoms with Crippen molar-refractivity contribution in [3.8, 4) is 0 Å². The highest BCUT2D eigenvalue weighted by molar-refractivity contribution is 5.36. The van der Waals surface area contributed by atoms with E-state index in [0.717, 1.165) is 49.4 Å². The first kappa shape index (κ1) is 19.3. The van der Waals surface area contributed by atoms with Crippen molar-refractivity contribution in [3.63, 3.8) is 0 Å². The molecule has 0 aromatic carbocycles. The van der Waals surface area contributed by atoms with Crippen LogP contribution in [-0.4, -0.2) is 21.5 Å². The van der Waals surface area contributed by atoms with Crippen LogP contribution in [0.5, 0.6) is 0 Å². The van der Waals surface area contributed by atoms with E-state index in [0.29, 0.717) is 12.0 Å². The monoisotopic (exact) mass is 420 g/mol. The number of anilines is 1. The van der Waals surface area contributed by atoms with E-state index in [9.17, 15) is 13.2 Å². The molecule has 0 spiro atoms. The van der Waals surface area contributed by atoms with E-state index in [1.807, 2.05) is 0 Å². The second-order valence-corrected chi connectivity index (χ2v) is 11.1. The highest BCUT2D eigenvalue weighted by Crippen LogP contribution is 2.56. The van der Waals surface area contributed by atoms with Gasteiger partial charge in [-0.15, -0.1) is 0 Å². The minimum Gasteiger partial charge on any atom is -0.349 e. The normalized spacial score (nSPS) is 41.6. The summed E-state index contributed by atoms with van der Waals surface area (Å²) in [6, 6.07) is 0.342. The lowest BCUT2D eigenvalue weighted by Gasteiger charge is -2.56. The number of aromatic nitrogens is 2. The summed E-state index contributed by atoms with van der Waals surface area (Å²) in [7, 11) is 0. The summed E-state index contributed by atoms with van der Waals surface area (Å²) >= 11 is 0. The van der Waals surface area contributed by atoms with Gasteiger partial charge in [0.15, 0.2) is 5.69 Å². The predicted molar refractivity (Wildman–Crippen MR) is 108 cm³/mol. The summed E-state index contributed by atoms with van der Waals surface area (Å²) in [5.74, 6) is 3.70. The van der Waals surface area contributed by atoms with Crippen molar-refractivity contribution < 1.29 is 13.2 Å². The van der Waals surface area contributed by atoms with Crippen LogP contribution in [0.25, 0.3) is 0 Å². The standard InChI is InChI=1S/C23H31F3N4/c24-23(25,26)20-18(11-27-19-7-13-1-2-17(19)6-13)12-28-21(29-20)30-22-8-14-3-15(9-22)5-16(4-14)10-22/h12-17,19,27H,1-11H2,(H,28,29,30)/t13-,14?,15?,16?,17+,19+,22?/m0/s1. The molecule has 6 fully saturated rings. The molecule has 1 aromatic heterocycles. The quantitative estimate of drug-likeness (QED) is 0.691. The fourth-order valence-electron chi connectivity index (χ4n) is 8.08. The highest BCUT2D eigenvalue weighted by atomic mass is 19.4. The van der Waals surface area contributed by atoms with Crippen molar-refractivity contribution in [2.24, 2.45) is 29.6 Å². The zero-order valence-electron chi connectivity index (χ0n) is 17.3. The molecular weight excluding hydrogens is 389 g/mol. The average Bonchev–Trinajstić information content (AvgIpc) is 3.28. The fraction of sp³-hybridized carbons (Fsp3) is 0.826. The third-order valence-corrected chi connectivity index (χ3v) is 8.84. The number of hydrogen-bond acceptors (Lipinski definition) is 4. The number of nitrogens with one attached hydrogen (secondary N) is 2. The van der Waals surface area contributed by atoms with Gasteiger partial charge >= 0.3 is 6.18 Å². The van der Waals surface area contributed by atoms with Gasteiger partial charge in [0, 0.05) is 29.9 Å². The van der Waals surface area contributed by atoms with Crippen LogP contribution in [0.2, 0.25) is 0 Å². The smallest absolute Gasteiger partial charge is 0.349 e. The molecule has 1 heterocycles. The Kier molecular flexibility index (Phi) is 4.39. The maximum Gasteiger partial charge on any atom is 0.433 e. The molecule has 0 aliphatic heterocycles. The lowest BCUT2D eigenvalue weighted by molar-refractivity contribution is -0.141. The number of rotatable bonds is 5. The largest absolute Gasteiger partial charge is 0.433 e. The Morgan fingerprint density at radius 3 is 2.20 bits per heavy atom. The molecule has 0 amide bonds. The average molecular weight is 421 g/mol. The zero-order chi connectivity index (χ0) is 20.5. The van der Waals surface area contributed by atoms with Gasteiger partial charge in [-0.05, 0) is 87.4 Å². The van der Waals surface area contributed by atoms with Crippen LogP contribution in [0.3, 0.4) is 0 Å². The molecule has 3 atom stereocenters. The van der Waals surface area contributed by atoms with E-state index < -0.39 is 11.9 Å². The SMILES string of the molecule is FC(F)(F)c1nc(NC23CC4CC(CC(C4)C2)C3)ncc1CN[C@@H]1C[C@H]2CC[C@@H]1C2. The molecule has 1 aromatic rings. The van der Waals surface area contributed by atoms with Gasteiger partial charge in [-0.1, -0.05) is 6.42 Å². The lowest BCUT2D eigenvalue weighted by atomic mass is 9.53. The maximum absolute atomic E-state index is 13.8. The summed E-state index contributed by atoms with van der Waals surface area (Å²) in [5.41, 5.74) is -0.706. The van der Waals surface area contributed by atoms with Gasteiger partial charge in [0.25, 0.3) is 0 Å². The van der Waals surface area contributed by atoms with Gasteiger partial charge in [0.1, 0.15) is 0 Å². The van der Waals surface area contributed by atoms with Gasteiger partial charge in [-0.25, -0.2) is 9.97 Å². The Hall–Kier alpha value is -1.37. The Balaban J connectivity index is 1.20. The first-order valence-electron chi connectivity index (χ1n) is 11.8. The second-order valence-electron chi connectivity index (χ2n) is 11.1. The van der Waals surface area contributed by atoms with E-state index in [1.165, 1.54) is 44.7 Å². The second kappa shape index (κ2) is 6.81. The third kappa shape index (κ3) is 3.41. The molecule has 164 valence electrons. The van der Waals surface area contributed by atoms with E-state index in [1.54, 1.807) is 0 Å². The molecule has 0 radical (unpaired) electrons. The Morgan fingerprint density at radius 1 is 0.933 bits per heavy atom. The van der Waals surface area contributed by atoms with E-state index >= 15 is 0 Å². The molecule has 4 nitrogen and oxygen atoms in total. The first-order chi connectivity index (χ1) is 14.4. The van der Waals surface area contributed by atoms with Gasteiger partial charge in [-0.3, -0.25) is 0 Å². The maximum atomic E-state index is 13.8. The van der Waals surface area contributed by atoms with Crippen molar-refractivity contribution in [1.29, 1.82) is 0 Å². The zero-order valence-corrected chi connectivity index (χ0v) is 17.3. The summed E-state index contributed by atoms with van der Waals surface area (Å²) in [6.45, 7) is 0.195. The van der Waals surface area contributed by atoms with Crippen LogP contribution in [0.4, 0.5) is 19.1 Å². The van der Waals surface area contributed by atoms with Crippen molar-refractivity contribution in [2.45, 2.75) is 88.5 Å². The topological polar surface area (TPSA) is 49.8 Å². The Bertz CT molecular complexity index is 788. The van der Waals surface area contributed by atoms with Crippen molar-refractivity contribution in [3.05, 3.63) is 17.5 Å². The van der Waals surface area contributed by atoms with Crippen molar-refractivity contribution in [2.75, 3.05) is 5.32 Å². The predicted octanol–water partition coefficient (Wildman–Crippen LogP) is 5.15. The molecule has 2 N–H and O–H groups in total. The number of hydrogen-bond donors (Lipinski definition) is 2. The van der Waals surface area contributed by atoms with Crippen LogP contribution < -0.4 is 10.6 Å². The molecule has 6 aliphatic rings. The third-order valence-electron chi connectivity index (χ3n) is 8.84. The summed E-state index contributed by atoms with van der Waals surface area (Å²) < 4.78 is 41.5. The van der Waals surface area contributed by atoms with Gasteiger partial charge < -0.3 is 10.6 Å². The molecular formula is C23H31F3N4. The van der Waals surface area contributed by atoms with Crippen molar-refractivity contribution >= 4 is 5.95 Å². The van der Waals surface area contributed by atoms with Gasteiger partial charge in [-0.2, -0.15) is 13.2 Å². The van der Waals surface area contributed by atoms with Crippen LogP contribution in [0.1, 0.15) is 75.5 Å². The molecule has 6 saturated carbocycles. The minimum atomic E-state index is -4.47. The Labute approximate surface area is 175 Å². The van der Waals surface area contributed by atoms with Gasteiger partial charge in [0.05, 0.1) is 0 Å². The lowest BCUT2D eigenvalue weighted by Crippen LogP contribution is -2.55. The minimum absolute atomic E-state index is 0.0968. The summed E-state index contributed by atoms with van der Waals surface area (Å²) in [6.07, 6.45) is 8.79. The summed E-state index contributed by atoms with van der Waals surface area (Å²) in [5, 5.41) is 6.79. The van der Waals surface area contributed by atoms with E-state index in [-0.39, 0.29) is 23.6 Å². The highest BCUT2D eigenvalue weighted by Gasteiger charge is 2.51. The molecule has 6 bridgehead atoms. The Morgan fingerprint density at radius 2 is 1.63 bits per heavy atom. The van der Waals surface area contributed by atoms with Gasteiger partial charge in [0.2, 0.25) is 5.95 Å². The molecule has 7 heteroatoms. The van der Waals surface area contributed by atoms with Crippen LogP contribution in [0, 0.1) is 29.6 Å².